The minimum Gasteiger partial charge on any atom is -0.352 e. The van der Waals surface area contributed by atoms with Crippen LogP contribution in [0.25, 0.3) is 0 Å². The van der Waals surface area contributed by atoms with E-state index in [-0.39, 0.29) is 30.4 Å². The lowest BCUT2D eigenvalue weighted by Gasteiger charge is -2.18. The molecule has 2 atom stereocenters. The molecule has 1 aromatic rings. The van der Waals surface area contributed by atoms with Gasteiger partial charge in [0.1, 0.15) is 6.04 Å². The van der Waals surface area contributed by atoms with Gasteiger partial charge in [0, 0.05) is 24.8 Å². The molecule has 1 fully saturated rings. The number of hydrogen-bond donors (Lipinski definition) is 2. The van der Waals surface area contributed by atoms with Crippen LogP contribution in [-0.4, -0.2) is 28.8 Å². The highest BCUT2D eigenvalue weighted by Gasteiger charge is 2.30. The van der Waals surface area contributed by atoms with Gasteiger partial charge in [0.2, 0.25) is 5.91 Å². The van der Waals surface area contributed by atoms with Crippen LogP contribution in [0.4, 0.5) is 0 Å². The number of carbonyl (C=O) groups excluding carboxylic acids is 1. The maximum atomic E-state index is 12.1. The average Bonchev–Trinajstić information content (AvgIpc) is 3.04. The number of hydrogen-bond acceptors (Lipinski definition) is 3. The van der Waals surface area contributed by atoms with Gasteiger partial charge in [-0.1, -0.05) is 0 Å². The second-order valence-corrected chi connectivity index (χ2v) is 4.80. The Morgan fingerprint density at radius 3 is 2.67 bits per heavy atom. The molecule has 0 aromatic carbocycles. The van der Waals surface area contributed by atoms with E-state index in [2.05, 4.69) is 22.7 Å². The molecule has 2 N–H and O–H groups in total. The van der Waals surface area contributed by atoms with Crippen molar-refractivity contribution in [2.75, 3.05) is 7.05 Å². The van der Waals surface area contributed by atoms with E-state index < -0.39 is 0 Å². The molecule has 0 bridgehead atoms. The Morgan fingerprint density at radius 1 is 1.56 bits per heavy atom. The fourth-order valence-corrected chi connectivity index (χ4v) is 2.06. The van der Waals surface area contributed by atoms with Crippen molar-refractivity contribution in [3.63, 3.8) is 0 Å². The van der Waals surface area contributed by atoms with Crippen molar-refractivity contribution < 1.29 is 4.79 Å². The van der Waals surface area contributed by atoms with Crippen LogP contribution >= 0.6 is 12.4 Å². The van der Waals surface area contributed by atoms with Crippen molar-refractivity contribution in [3.8, 4) is 0 Å². The Morgan fingerprint density at radius 2 is 2.22 bits per heavy atom. The SMILES string of the molecule is CNC(C(=O)NC(C)C1CC1)c1cnn(C)c1.Cl. The summed E-state index contributed by atoms with van der Waals surface area (Å²) in [5.74, 6) is 0.699. The van der Waals surface area contributed by atoms with E-state index >= 15 is 0 Å². The van der Waals surface area contributed by atoms with Gasteiger partial charge in [0.05, 0.1) is 6.20 Å². The van der Waals surface area contributed by atoms with E-state index in [1.807, 2.05) is 13.2 Å². The Balaban J connectivity index is 0.00000162. The molecule has 1 aromatic heterocycles. The van der Waals surface area contributed by atoms with Crippen LogP contribution in [0, 0.1) is 5.92 Å². The molecule has 6 heteroatoms. The highest BCUT2D eigenvalue weighted by Crippen LogP contribution is 2.32. The van der Waals surface area contributed by atoms with E-state index in [1.54, 1.807) is 17.9 Å². The third-order valence-corrected chi connectivity index (χ3v) is 3.31. The van der Waals surface area contributed by atoms with Crippen molar-refractivity contribution in [3.05, 3.63) is 18.0 Å². The number of nitrogens with one attached hydrogen (secondary N) is 2. The van der Waals surface area contributed by atoms with Crippen LogP contribution in [0.5, 0.6) is 0 Å². The van der Waals surface area contributed by atoms with E-state index in [0.29, 0.717) is 5.92 Å². The fourth-order valence-electron chi connectivity index (χ4n) is 2.06. The fraction of sp³-hybridized carbons (Fsp3) is 0.667. The molecule has 2 unspecified atom stereocenters. The van der Waals surface area contributed by atoms with Crippen LogP contribution < -0.4 is 10.6 Å². The van der Waals surface area contributed by atoms with Crippen LogP contribution in [0.1, 0.15) is 31.4 Å². The number of halogens is 1. The number of aryl methyl sites for hydroxylation is 1. The predicted octanol–water partition coefficient (Wildman–Crippen LogP) is 1.02. The summed E-state index contributed by atoms with van der Waals surface area (Å²) >= 11 is 0. The van der Waals surface area contributed by atoms with Gasteiger partial charge in [-0.25, -0.2) is 0 Å². The predicted molar refractivity (Wildman–Crippen MR) is 72.6 cm³/mol. The van der Waals surface area contributed by atoms with Crippen molar-refractivity contribution in [1.29, 1.82) is 0 Å². The summed E-state index contributed by atoms with van der Waals surface area (Å²) in [6, 6.07) is -0.0417. The number of nitrogens with zero attached hydrogens (tertiary/aromatic N) is 2. The minimum absolute atomic E-state index is 0. The first-order valence-electron chi connectivity index (χ1n) is 6.08. The summed E-state index contributed by atoms with van der Waals surface area (Å²) in [6.07, 6.45) is 6.06. The molecule has 18 heavy (non-hydrogen) atoms. The summed E-state index contributed by atoms with van der Waals surface area (Å²) in [6.45, 7) is 2.07. The van der Waals surface area contributed by atoms with Gasteiger partial charge in [-0.15, -0.1) is 12.4 Å². The summed E-state index contributed by atoms with van der Waals surface area (Å²) in [4.78, 5) is 12.1. The Labute approximate surface area is 114 Å². The first-order valence-corrected chi connectivity index (χ1v) is 6.08. The lowest BCUT2D eigenvalue weighted by Crippen LogP contribution is -2.41. The molecule has 0 radical (unpaired) electrons. The summed E-state index contributed by atoms with van der Waals surface area (Å²) in [7, 11) is 3.64. The van der Waals surface area contributed by atoms with Gasteiger partial charge >= 0.3 is 0 Å². The van der Waals surface area contributed by atoms with E-state index in [9.17, 15) is 4.79 Å². The van der Waals surface area contributed by atoms with Crippen molar-refractivity contribution in [2.24, 2.45) is 13.0 Å². The van der Waals surface area contributed by atoms with E-state index in [0.717, 1.165) is 5.56 Å². The van der Waals surface area contributed by atoms with Crippen molar-refractivity contribution in [2.45, 2.75) is 31.8 Å². The Kier molecular flexibility index (Phi) is 5.16. The molecule has 1 aliphatic carbocycles. The Hall–Kier alpha value is -1.07. The van der Waals surface area contributed by atoms with Gasteiger partial charge in [-0.2, -0.15) is 5.10 Å². The van der Waals surface area contributed by atoms with Crippen molar-refractivity contribution >= 4 is 18.3 Å². The standard InChI is InChI=1S/C12H20N4O.ClH/c1-8(9-4-5-9)15-12(17)11(13-2)10-6-14-16(3)7-10;/h6-9,11,13H,4-5H2,1-3H3,(H,15,17);1H. The molecule has 1 amide bonds. The normalized spacial score (nSPS) is 17.7. The molecule has 5 nitrogen and oxygen atoms in total. The molecule has 0 aliphatic heterocycles. The number of carbonyl (C=O) groups is 1. The highest BCUT2D eigenvalue weighted by molar-refractivity contribution is 5.85. The molecule has 1 aliphatic rings. The Bertz CT molecular complexity index is 403. The molecule has 0 spiro atoms. The first kappa shape index (κ1) is 15.0. The monoisotopic (exact) mass is 272 g/mol. The molecule has 0 saturated heterocycles. The largest absolute Gasteiger partial charge is 0.352 e. The number of likely N-dealkylation sites (N-methyl/N-ethyl adjacent to an activating group) is 1. The molecule has 1 heterocycles. The van der Waals surface area contributed by atoms with Crippen LogP contribution in [0.15, 0.2) is 12.4 Å². The minimum atomic E-state index is -0.315. The zero-order valence-electron chi connectivity index (χ0n) is 11.0. The lowest BCUT2D eigenvalue weighted by molar-refractivity contribution is -0.123. The van der Waals surface area contributed by atoms with Gasteiger partial charge in [0.15, 0.2) is 0 Å². The number of rotatable bonds is 5. The van der Waals surface area contributed by atoms with Crippen LogP contribution in [0.3, 0.4) is 0 Å². The van der Waals surface area contributed by atoms with Crippen LogP contribution in [-0.2, 0) is 11.8 Å². The molecule has 1 saturated carbocycles. The van der Waals surface area contributed by atoms with E-state index in [4.69, 9.17) is 0 Å². The third-order valence-electron chi connectivity index (χ3n) is 3.31. The zero-order chi connectivity index (χ0) is 12.4. The second kappa shape index (κ2) is 6.20. The molecule has 2 rings (SSSR count). The molecular weight excluding hydrogens is 252 g/mol. The maximum absolute atomic E-state index is 12.1. The van der Waals surface area contributed by atoms with Crippen molar-refractivity contribution in [1.82, 2.24) is 20.4 Å². The van der Waals surface area contributed by atoms with Gasteiger partial charge < -0.3 is 10.6 Å². The third kappa shape index (κ3) is 3.46. The maximum Gasteiger partial charge on any atom is 0.242 e. The van der Waals surface area contributed by atoms with Gasteiger partial charge in [-0.05, 0) is 32.7 Å². The highest BCUT2D eigenvalue weighted by atomic mass is 35.5. The topological polar surface area (TPSA) is 59.0 Å². The van der Waals surface area contributed by atoms with Gasteiger partial charge in [-0.3, -0.25) is 9.48 Å². The summed E-state index contributed by atoms with van der Waals surface area (Å²) in [5.41, 5.74) is 0.899. The first-order chi connectivity index (χ1) is 8.11. The number of aromatic nitrogens is 2. The van der Waals surface area contributed by atoms with Crippen LogP contribution in [0.2, 0.25) is 0 Å². The smallest absolute Gasteiger partial charge is 0.242 e. The lowest BCUT2D eigenvalue weighted by atomic mass is 10.1. The van der Waals surface area contributed by atoms with E-state index in [1.165, 1.54) is 12.8 Å². The summed E-state index contributed by atoms with van der Waals surface area (Å²) in [5, 5.41) is 10.2. The average molecular weight is 273 g/mol. The zero-order valence-corrected chi connectivity index (χ0v) is 11.8. The summed E-state index contributed by atoms with van der Waals surface area (Å²) < 4.78 is 1.71. The quantitative estimate of drug-likeness (QED) is 0.841. The molecular formula is C12H21ClN4O. The molecule has 102 valence electrons. The van der Waals surface area contributed by atoms with Gasteiger partial charge in [0.25, 0.3) is 0 Å². The number of amides is 1. The second-order valence-electron chi connectivity index (χ2n) is 4.80.